The molecule has 1 N–H and O–H groups in total. The van der Waals surface area contributed by atoms with Gasteiger partial charge in [-0.2, -0.15) is 5.10 Å². The zero-order valence-corrected chi connectivity index (χ0v) is 16.8. The number of anilines is 1. The van der Waals surface area contributed by atoms with Crippen molar-refractivity contribution in [3.63, 3.8) is 0 Å². The molecule has 0 aliphatic heterocycles. The number of carbonyl (C=O) groups excluding carboxylic acids is 2. The van der Waals surface area contributed by atoms with Crippen LogP contribution in [0.5, 0.6) is 0 Å². The van der Waals surface area contributed by atoms with Gasteiger partial charge in [-0.05, 0) is 52.0 Å². The number of thiophene rings is 1. The van der Waals surface area contributed by atoms with Gasteiger partial charge in [0.2, 0.25) is 5.91 Å². The van der Waals surface area contributed by atoms with E-state index in [1.165, 1.54) is 22.9 Å². The molecule has 2 aromatic heterocycles. The molecule has 1 aliphatic carbocycles. The zero-order chi connectivity index (χ0) is 20.4. The quantitative estimate of drug-likeness (QED) is 0.447. The predicted octanol–water partition coefficient (Wildman–Crippen LogP) is 3.24. The molecule has 0 radical (unpaired) electrons. The fourth-order valence-electron chi connectivity index (χ4n) is 3.22. The second kappa shape index (κ2) is 8.09. The first kappa shape index (κ1) is 20.0. The van der Waals surface area contributed by atoms with E-state index in [4.69, 9.17) is 4.74 Å². The number of hydrogen-bond donors (Lipinski definition) is 1. The Hall–Kier alpha value is -2.75. The van der Waals surface area contributed by atoms with E-state index in [2.05, 4.69) is 10.4 Å². The highest BCUT2D eigenvalue weighted by Crippen LogP contribution is 2.38. The van der Waals surface area contributed by atoms with Gasteiger partial charge < -0.3 is 10.1 Å². The molecule has 2 heterocycles. The van der Waals surface area contributed by atoms with Gasteiger partial charge in [0.15, 0.2) is 0 Å². The lowest BCUT2D eigenvalue weighted by Crippen LogP contribution is -2.22. The molecule has 150 valence electrons. The Morgan fingerprint density at radius 1 is 1.39 bits per heavy atom. The molecule has 28 heavy (non-hydrogen) atoms. The second-order valence-corrected chi connectivity index (χ2v) is 8.05. The Bertz CT molecular complexity index is 931. The minimum atomic E-state index is -0.538. The molecule has 10 heteroatoms. The van der Waals surface area contributed by atoms with Crippen molar-refractivity contribution < 1.29 is 19.2 Å². The van der Waals surface area contributed by atoms with E-state index < -0.39 is 16.8 Å². The predicted molar refractivity (Wildman–Crippen MR) is 104 cm³/mol. The lowest BCUT2D eigenvalue weighted by atomic mass is 9.95. The number of fused-ring (bicyclic) bond motifs is 1. The number of nitro groups is 1. The molecular formula is C18H22N4O5S. The molecule has 0 unspecified atom stereocenters. The Morgan fingerprint density at radius 2 is 2.11 bits per heavy atom. The smallest absolute Gasteiger partial charge is 0.341 e. The number of nitrogens with one attached hydrogen (secondary N) is 1. The van der Waals surface area contributed by atoms with Crippen LogP contribution in [0.15, 0.2) is 6.20 Å². The molecule has 0 bridgehead atoms. The Morgan fingerprint density at radius 3 is 2.75 bits per heavy atom. The largest absolute Gasteiger partial charge is 0.459 e. The highest BCUT2D eigenvalue weighted by Gasteiger charge is 2.28. The van der Waals surface area contributed by atoms with E-state index in [1.54, 1.807) is 13.8 Å². The SMILES string of the molecule is Cc1c([N+](=O)[O-])cnn1CC(=O)Nc1sc2c(c1C(=O)OC(C)C)CCCC2. The number of esters is 1. The first-order valence-electron chi connectivity index (χ1n) is 9.10. The third-order valence-corrected chi connectivity index (χ3v) is 5.75. The van der Waals surface area contributed by atoms with E-state index in [0.29, 0.717) is 16.3 Å². The maximum absolute atomic E-state index is 12.6. The van der Waals surface area contributed by atoms with Crippen LogP contribution >= 0.6 is 11.3 Å². The fraction of sp³-hybridized carbons (Fsp3) is 0.500. The van der Waals surface area contributed by atoms with Crippen LogP contribution in [0.4, 0.5) is 10.7 Å². The maximum atomic E-state index is 12.6. The summed E-state index contributed by atoms with van der Waals surface area (Å²) in [6.07, 6.45) is 4.57. The van der Waals surface area contributed by atoms with Gasteiger partial charge in [0.25, 0.3) is 0 Å². The zero-order valence-electron chi connectivity index (χ0n) is 16.0. The van der Waals surface area contributed by atoms with Gasteiger partial charge >= 0.3 is 11.7 Å². The van der Waals surface area contributed by atoms with Gasteiger partial charge in [-0.25, -0.2) is 4.79 Å². The summed E-state index contributed by atoms with van der Waals surface area (Å²) in [6.45, 7) is 4.92. The first-order chi connectivity index (χ1) is 13.3. The number of carbonyl (C=O) groups is 2. The summed E-state index contributed by atoms with van der Waals surface area (Å²) in [5.41, 5.74) is 1.55. The molecule has 0 spiro atoms. The van der Waals surface area contributed by atoms with E-state index in [1.807, 2.05) is 0 Å². The van der Waals surface area contributed by atoms with Crippen LogP contribution in [0.1, 0.15) is 53.2 Å². The molecule has 2 aromatic rings. The Kier molecular flexibility index (Phi) is 5.78. The fourth-order valence-corrected chi connectivity index (χ4v) is 4.51. The van der Waals surface area contributed by atoms with E-state index in [-0.39, 0.29) is 18.3 Å². The summed E-state index contributed by atoms with van der Waals surface area (Å²) in [4.78, 5) is 36.7. The van der Waals surface area contributed by atoms with Crippen LogP contribution in [-0.4, -0.2) is 32.7 Å². The standard InChI is InChI=1S/C18H22N4O5S/c1-10(2)27-18(24)16-12-6-4-5-7-14(12)28-17(16)20-15(23)9-21-11(3)13(8-19-21)22(25)26/h8,10H,4-7,9H2,1-3H3,(H,20,23). The van der Waals surface area contributed by atoms with Crippen LogP contribution in [0.2, 0.25) is 0 Å². The highest BCUT2D eigenvalue weighted by atomic mass is 32.1. The third kappa shape index (κ3) is 4.06. The summed E-state index contributed by atoms with van der Waals surface area (Å²) >= 11 is 1.40. The number of rotatable bonds is 6. The molecular weight excluding hydrogens is 384 g/mol. The van der Waals surface area contributed by atoms with Crippen molar-refractivity contribution in [2.75, 3.05) is 5.32 Å². The van der Waals surface area contributed by atoms with Crippen molar-refractivity contribution in [1.29, 1.82) is 0 Å². The minimum Gasteiger partial charge on any atom is -0.459 e. The van der Waals surface area contributed by atoms with Gasteiger partial charge in [0, 0.05) is 4.88 Å². The number of nitrogens with zero attached hydrogens (tertiary/aromatic N) is 3. The molecule has 0 saturated carbocycles. The summed E-state index contributed by atoms with van der Waals surface area (Å²) in [7, 11) is 0. The summed E-state index contributed by atoms with van der Waals surface area (Å²) in [5.74, 6) is -0.839. The topological polar surface area (TPSA) is 116 Å². The van der Waals surface area contributed by atoms with Gasteiger partial charge in [0.05, 0.1) is 16.6 Å². The number of aryl methyl sites for hydroxylation is 1. The first-order valence-corrected chi connectivity index (χ1v) is 9.91. The number of aromatic nitrogens is 2. The van der Waals surface area contributed by atoms with Crippen molar-refractivity contribution in [2.24, 2.45) is 0 Å². The average molecular weight is 406 g/mol. The summed E-state index contributed by atoms with van der Waals surface area (Å²) in [5, 5.41) is 18.1. The maximum Gasteiger partial charge on any atom is 0.341 e. The van der Waals surface area contributed by atoms with E-state index >= 15 is 0 Å². The van der Waals surface area contributed by atoms with Crippen molar-refractivity contribution in [1.82, 2.24) is 9.78 Å². The van der Waals surface area contributed by atoms with Crippen LogP contribution in [0.3, 0.4) is 0 Å². The van der Waals surface area contributed by atoms with Gasteiger partial charge in [-0.1, -0.05) is 0 Å². The summed E-state index contributed by atoms with van der Waals surface area (Å²) < 4.78 is 6.64. The average Bonchev–Trinajstić information content (AvgIpc) is 3.14. The van der Waals surface area contributed by atoms with Crippen molar-refractivity contribution in [2.45, 2.75) is 59.1 Å². The van der Waals surface area contributed by atoms with Crippen molar-refractivity contribution >= 4 is 33.9 Å². The van der Waals surface area contributed by atoms with Crippen LogP contribution in [-0.2, 0) is 28.9 Å². The molecule has 1 aliphatic rings. The van der Waals surface area contributed by atoms with E-state index in [9.17, 15) is 19.7 Å². The van der Waals surface area contributed by atoms with Gasteiger partial charge in [0.1, 0.15) is 23.4 Å². The van der Waals surface area contributed by atoms with Crippen LogP contribution in [0, 0.1) is 17.0 Å². The summed E-state index contributed by atoms with van der Waals surface area (Å²) in [6, 6.07) is 0. The number of amides is 1. The molecule has 0 fully saturated rings. The lowest BCUT2D eigenvalue weighted by molar-refractivity contribution is -0.385. The van der Waals surface area contributed by atoms with Crippen LogP contribution < -0.4 is 5.32 Å². The van der Waals surface area contributed by atoms with Crippen molar-refractivity contribution in [3.8, 4) is 0 Å². The van der Waals surface area contributed by atoms with Crippen LogP contribution in [0.25, 0.3) is 0 Å². The number of hydrogen-bond acceptors (Lipinski definition) is 7. The highest BCUT2D eigenvalue weighted by molar-refractivity contribution is 7.17. The lowest BCUT2D eigenvalue weighted by Gasteiger charge is -2.14. The van der Waals surface area contributed by atoms with E-state index in [0.717, 1.165) is 42.3 Å². The third-order valence-electron chi connectivity index (χ3n) is 4.54. The Labute approximate surface area is 165 Å². The minimum absolute atomic E-state index is 0.138. The molecule has 1 amide bonds. The molecule has 3 rings (SSSR count). The van der Waals surface area contributed by atoms with Gasteiger partial charge in [-0.3, -0.25) is 19.6 Å². The molecule has 9 nitrogen and oxygen atoms in total. The Balaban J connectivity index is 1.83. The van der Waals surface area contributed by atoms with Crippen molar-refractivity contribution in [3.05, 3.63) is 38.0 Å². The monoisotopic (exact) mass is 406 g/mol. The number of ether oxygens (including phenoxy) is 1. The molecule has 0 aromatic carbocycles. The molecule has 0 atom stereocenters. The second-order valence-electron chi connectivity index (χ2n) is 6.95. The molecule has 0 saturated heterocycles. The van der Waals surface area contributed by atoms with Gasteiger partial charge in [-0.15, -0.1) is 11.3 Å². The normalized spacial score (nSPS) is 13.3.